The van der Waals surface area contributed by atoms with Crippen LogP contribution in [-0.2, 0) is 9.47 Å². The van der Waals surface area contributed by atoms with E-state index >= 15 is 0 Å². The van der Waals surface area contributed by atoms with Crippen molar-refractivity contribution in [1.82, 2.24) is 4.90 Å². The molecular formula is C16H20FNO4. The van der Waals surface area contributed by atoms with Crippen LogP contribution in [0.2, 0.25) is 0 Å². The molecule has 3 rings (SSSR count). The lowest BCUT2D eigenvalue weighted by molar-refractivity contribution is -0.0316. The van der Waals surface area contributed by atoms with Crippen molar-refractivity contribution in [3.05, 3.63) is 29.6 Å². The van der Waals surface area contributed by atoms with Gasteiger partial charge in [-0.25, -0.2) is 4.39 Å². The monoisotopic (exact) mass is 309 g/mol. The van der Waals surface area contributed by atoms with Gasteiger partial charge in [0.2, 0.25) is 0 Å². The third-order valence-corrected chi connectivity index (χ3v) is 4.49. The fraction of sp³-hybridized carbons (Fsp3) is 0.562. The number of methoxy groups -OCH3 is 2. The van der Waals surface area contributed by atoms with Crippen LogP contribution in [0, 0.1) is 5.82 Å². The highest BCUT2D eigenvalue weighted by molar-refractivity contribution is 5.95. The summed E-state index contributed by atoms with van der Waals surface area (Å²) in [6.07, 6.45) is 1.69. The quantitative estimate of drug-likeness (QED) is 0.855. The molecule has 1 aromatic carbocycles. The maximum Gasteiger partial charge on any atom is 0.254 e. The molecule has 1 aliphatic heterocycles. The molecule has 0 spiro atoms. The van der Waals surface area contributed by atoms with Crippen LogP contribution in [0.3, 0.4) is 0 Å². The van der Waals surface area contributed by atoms with Crippen LogP contribution >= 0.6 is 0 Å². The van der Waals surface area contributed by atoms with E-state index in [1.54, 1.807) is 12.0 Å². The highest BCUT2D eigenvalue weighted by Crippen LogP contribution is 2.32. The lowest BCUT2D eigenvalue weighted by Gasteiger charge is -2.30. The fourth-order valence-electron chi connectivity index (χ4n) is 3.41. The molecule has 1 amide bonds. The lowest BCUT2D eigenvalue weighted by atomic mass is 10.1. The Bertz CT molecular complexity index is 565. The molecule has 1 aliphatic carbocycles. The zero-order chi connectivity index (χ0) is 15.7. The third-order valence-electron chi connectivity index (χ3n) is 4.49. The molecule has 1 saturated carbocycles. The Balaban J connectivity index is 1.87. The maximum absolute atomic E-state index is 13.5. The van der Waals surface area contributed by atoms with E-state index in [2.05, 4.69) is 0 Å². The van der Waals surface area contributed by atoms with E-state index in [1.807, 2.05) is 0 Å². The Morgan fingerprint density at radius 2 is 2.18 bits per heavy atom. The van der Waals surface area contributed by atoms with Crippen LogP contribution in [0.4, 0.5) is 4.39 Å². The van der Waals surface area contributed by atoms with E-state index in [1.165, 1.54) is 25.3 Å². The lowest BCUT2D eigenvalue weighted by Crippen LogP contribution is -2.46. The Morgan fingerprint density at radius 3 is 2.91 bits per heavy atom. The smallest absolute Gasteiger partial charge is 0.254 e. The number of nitrogens with zero attached hydrogens (tertiary/aromatic N) is 1. The van der Waals surface area contributed by atoms with E-state index in [9.17, 15) is 9.18 Å². The van der Waals surface area contributed by atoms with Gasteiger partial charge in [-0.3, -0.25) is 4.79 Å². The summed E-state index contributed by atoms with van der Waals surface area (Å²) in [7, 11) is 3.03. The van der Waals surface area contributed by atoms with Gasteiger partial charge < -0.3 is 19.1 Å². The van der Waals surface area contributed by atoms with Crippen molar-refractivity contribution in [3.63, 3.8) is 0 Å². The molecule has 2 fully saturated rings. The van der Waals surface area contributed by atoms with E-state index in [0.717, 1.165) is 12.8 Å². The molecular weight excluding hydrogens is 289 g/mol. The third kappa shape index (κ3) is 2.57. The van der Waals surface area contributed by atoms with Crippen LogP contribution in [0.25, 0.3) is 0 Å². The van der Waals surface area contributed by atoms with Crippen LogP contribution in [0.1, 0.15) is 23.2 Å². The van der Waals surface area contributed by atoms with E-state index in [0.29, 0.717) is 18.7 Å². The average molecular weight is 309 g/mol. The Morgan fingerprint density at radius 1 is 1.36 bits per heavy atom. The van der Waals surface area contributed by atoms with Gasteiger partial charge in [-0.15, -0.1) is 0 Å². The number of carbonyl (C=O) groups excluding carboxylic acids is 1. The fourth-order valence-corrected chi connectivity index (χ4v) is 3.41. The van der Waals surface area contributed by atoms with Gasteiger partial charge in [0.1, 0.15) is 6.10 Å². The number of ether oxygens (including phenoxy) is 3. The molecule has 120 valence electrons. The van der Waals surface area contributed by atoms with Gasteiger partial charge in [-0.2, -0.15) is 0 Å². The van der Waals surface area contributed by atoms with Crippen molar-refractivity contribution in [2.75, 3.05) is 27.4 Å². The molecule has 22 heavy (non-hydrogen) atoms. The normalized spacial score (nSPS) is 27.6. The summed E-state index contributed by atoms with van der Waals surface area (Å²) in [5.74, 6) is -0.546. The summed E-state index contributed by atoms with van der Waals surface area (Å²) in [5, 5.41) is 0. The van der Waals surface area contributed by atoms with Crippen molar-refractivity contribution < 1.29 is 23.4 Å². The Kier molecular flexibility index (Phi) is 4.31. The predicted octanol–water partition coefficient (Wildman–Crippen LogP) is 1.85. The topological polar surface area (TPSA) is 48.0 Å². The van der Waals surface area contributed by atoms with Gasteiger partial charge in [0.15, 0.2) is 11.6 Å². The van der Waals surface area contributed by atoms with Gasteiger partial charge in [-0.1, -0.05) is 0 Å². The number of rotatable bonds is 3. The van der Waals surface area contributed by atoms with Gasteiger partial charge in [0.05, 0.1) is 25.9 Å². The van der Waals surface area contributed by atoms with Crippen LogP contribution in [-0.4, -0.2) is 56.4 Å². The number of hydrogen-bond donors (Lipinski definition) is 0. The minimum absolute atomic E-state index is 0.000970. The number of fused-ring (bicyclic) bond motifs is 2. The summed E-state index contributed by atoms with van der Waals surface area (Å²) in [5.41, 5.74) is 0.415. The summed E-state index contributed by atoms with van der Waals surface area (Å²) >= 11 is 0. The molecule has 3 atom stereocenters. The molecule has 1 aromatic rings. The highest BCUT2D eigenvalue weighted by atomic mass is 19.1. The van der Waals surface area contributed by atoms with Gasteiger partial charge in [0.25, 0.3) is 5.91 Å². The van der Waals surface area contributed by atoms with Crippen LogP contribution < -0.4 is 4.74 Å². The molecule has 0 unspecified atom stereocenters. The highest BCUT2D eigenvalue weighted by Gasteiger charge is 2.44. The Hall–Kier alpha value is -1.66. The molecule has 0 radical (unpaired) electrons. The van der Waals surface area contributed by atoms with Crippen molar-refractivity contribution in [3.8, 4) is 5.75 Å². The second-order valence-electron chi connectivity index (χ2n) is 5.60. The van der Waals surface area contributed by atoms with Crippen molar-refractivity contribution in [2.24, 2.45) is 0 Å². The maximum atomic E-state index is 13.5. The van der Waals surface area contributed by atoms with Crippen molar-refractivity contribution >= 4 is 5.91 Å². The number of carbonyl (C=O) groups is 1. The largest absolute Gasteiger partial charge is 0.494 e. The first-order valence-corrected chi connectivity index (χ1v) is 7.44. The van der Waals surface area contributed by atoms with Crippen LogP contribution in [0.15, 0.2) is 18.2 Å². The molecule has 2 bridgehead atoms. The first-order chi connectivity index (χ1) is 10.7. The molecule has 0 aromatic heterocycles. The van der Waals surface area contributed by atoms with Gasteiger partial charge >= 0.3 is 0 Å². The zero-order valence-corrected chi connectivity index (χ0v) is 12.8. The van der Waals surface area contributed by atoms with E-state index in [4.69, 9.17) is 14.2 Å². The van der Waals surface area contributed by atoms with Gasteiger partial charge in [0, 0.05) is 19.2 Å². The number of amides is 1. The standard InChI is InChI=1S/C16H20FNO4/c1-20-14-9-10(3-4-11(14)17)16(19)18-7-8-22-13-6-5-12(18)15(13)21-2/h3-4,9,12-13,15H,5-8H2,1-2H3/t12-,13-,15+/m0/s1. The predicted molar refractivity (Wildman–Crippen MR) is 77.5 cm³/mol. The number of hydrogen-bond acceptors (Lipinski definition) is 4. The summed E-state index contributed by atoms with van der Waals surface area (Å²) in [6, 6.07) is 4.18. The molecule has 1 heterocycles. The zero-order valence-electron chi connectivity index (χ0n) is 12.8. The number of benzene rings is 1. The van der Waals surface area contributed by atoms with Crippen LogP contribution in [0.5, 0.6) is 5.75 Å². The molecule has 6 heteroatoms. The van der Waals surface area contributed by atoms with Gasteiger partial charge in [-0.05, 0) is 31.0 Å². The minimum Gasteiger partial charge on any atom is -0.494 e. The molecule has 5 nitrogen and oxygen atoms in total. The average Bonchev–Trinajstić information content (AvgIpc) is 2.82. The summed E-state index contributed by atoms with van der Waals surface area (Å²) in [4.78, 5) is 14.6. The minimum atomic E-state index is -0.478. The second-order valence-corrected chi connectivity index (χ2v) is 5.60. The van der Waals surface area contributed by atoms with E-state index < -0.39 is 5.82 Å². The SMILES string of the molecule is COc1cc(C(=O)N2CCO[C@H]3CC[C@H]2[C@H]3OC)ccc1F. The number of halogens is 1. The summed E-state index contributed by atoms with van der Waals surface area (Å²) < 4.78 is 29.8. The molecule has 1 saturated heterocycles. The first kappa shape index (κ1) is 15.2. The Labute approximate surface area is 128 Å². The van der Waals surface area contributed by atoms with Crippen molar-refractivity contribution in [2.45, 2.75) is 31.1 Å². The summed E-state index contributed by atoms with van der Waals surface area (Å²) in [6.45, 7) is 1.00. The first-order valence-electron chi connectivity index (χ1n) is 7.44. The molecule has 0 N–H and O–H groups in total. The molecule has 2 aliphatic rings. The second kappa shape index (κ2) is 6.22. The van der Waals surface area contributed by atoms with Crippen molar-refractivity contribution in [1.29, 1.82) is 0 Å². The van der Waals surface area contributed by atoms with E-state index in [-0.39, 0.29) is 29.9 Å².